The first-order valence-electron chi connectivity index (χ1n) is 4.77. The number of rotatable bonds is 4. The Balaban J connectivity index is 3.32. The minimum Gasteiger partial charge on any atom is -0.476 e. The molecule has 0 unspecified atom stereocenters. The second-order valence-electron chi connectivity index (χ2n) is 4.04. The molecule has 0 aliphatic carbocycles. The van der Waals surface area contributed by atoms with Crippen LogP contribution in [0.25, 0.3) is 0 Å². The number of aromatic carboxylic acids is 2. The molecule has 0 aromatic carbocycles. The Hall–Kier alpha value is -1.85. The number of carbonyl (C=O) groups is 2. The second-order valence-corrected chi connectivity index (χ2v) is 4.04. The van der Waals surface area contributed by atoms with Crippen LogP contribution in [-0.2, 0) is 5.41 Å². The summed E-state index contributed by atoms with van der Waals surface area (Å²) in [5.41, 5.74) is -1.04. The van der Waals surface area contributed by atoms with Gasteiger partial charge in [-0.05, 0) is 6.42 Å². The SMILES string of the molecule is CCC(C)(C)c1nc(C(=O)O)c(C(=O)O)o1. The van der Waals surface area contributed by atoms with Gasteiger partial charge in [-0.25, -0.2) is 14.6 Å². The van der Waals surface area contributed by atoms with E-state index in [1.807, 2.05) is 6.92 Å². The predicted octanol–water partition coefficient (Wildman–Crippen LogP) is 1.76. The maximum atomic E-state index is 10.8. The number of nitrogens with zero attached hydrogens (tertiary/aromatic N) is 1. The summed E-state index contributed by atoms with van der Waals surface area (Å²) in [7, 11) is 0. The molecule has 16 heavy (non-hydrogen) atoms. The van der Waals surface area contributed by atoms with Crippen molar-refractivity contribution in [1.29, 1.82) is 0 Å². The molecule has 6 heteroatoms. The second kappa shape index (κ2) is 3.96. The first kappa shape index (κ1) is 12.2. The van der Waals surface area contributed by atoms with Crippen LogP contribution in [0.3, 0.4) is 0 Å². The van der Waals surface area contributed by atoms with Crippen LogP contribution >= 0.6 is 0 Å². The largest absolute Gasteiger partial charge is 0.476 e. The number of aromatic nitrogens is 1. The zero-order valence-corrected chi connectivity index (χ0v) is 9.27. The third-order valence-corrected chi connectivity index (χ3v) is 2.49. The Morgan fingerprint density at radius 3 is 2.19 bits per heavy atom. The van der Waals surface area contributed by atoms with Gasteiger partial charge in [-0.2, -0.15) is 0 Å². The molecular formula is C10H13NO5. The van der Waals surface area contributed by atoms with E-state index >= 15 is 0 Å². The van der Waals surface area contributed by atoms with Crippen molar-refractivity contribution in [3.63, 3.8) is 0 Å². The topological polar surface area (TPSA) is 101 Å². The van der Waals surface area contributed by atoms with Gasteiger partial charge in [0.2, 0.25) is 17.3 Å². The van der Waals surface area contributed by atoms with E-state index in [9.17, 15) is 9.59 Å². The smallest absolute Gasteiger partial charge is 0.374 e. The van der Waals surface area contributed by atoms with E-state index in [1.54, 1.807) is 13.8 Å². The molecule has 0 bridgehead atoms. The molecule has 1 aromatic rings. The van der Waals surface area contributed by atoms with Gasteiger partial charge in [0.05, 0.1) is 0 Å². The Kier molecular flexibility index (Phi) is 3.02. The molecular weight excluding hydrogens is 214 g/mol. The van der Waals surface area contributed by atoms with Gasteiger partial charge in [-0.1, -0.05) is 20.8 Å². The molecule has 1 aromatic heterocycles. The summed E-state index contributed by atoms with van der Waals surface area (Å²) < 4.78 is 5.00. The molecule has 88 valence electrons. The molecule has 1 heterocycles. The zero-order valence-electron chi connectivity index (χ0n) is 9.27. The standard InChI is InChI=1S/C10H13NO5/c1-4-10(2,3)9-11-5(7(12)13)6(16-9)8(14)15/h4H2,1-3H3,(H,12,13)(H,14,15). The fourth-order valence-corrected chi connectivity index (χ4v) is 1.05. The molecule has 0 saturated carbocycles. The van der Waals surface area contributed by atoms with E-state index in [2.05, 4.69) is 4.98 Å². The first-order chi connectivity index (χ1) is 7.29. The Labute approximate surface area is 91.9 Å². The normalized spacial score (nSPS) is 11.4. The summed E-state index contributed by atoms with van der Waals surface area (Å²) in [5, 5.41) is 17.5. The van der Waals surface area contributed by atoms with Crippen LogP contribution in [-0.4, -0.2) is 27.1 Å². The Morgan fingerprint density at radius 2 is 1.88 bits per heavy atom. The van der Waals surface area contributed by atoms with Crippen molar-refractivity contribution in [3.05, 3.63) is 17.3 Å². The van der Waals surface area contributed by atoms with E-state index < -0.39 is 28.8 Å². The number of carboxylic acids is 2. The van der Waals surface area contributed by atoms with E-state index in [-0.39, 0.29) is 5.89 Å². The van der Waals surface area contributed by atoms with Gasteiger partial charge in [0.1, 0.15) is 0 Å². The van der Waals surface area contributed by atoms with Gasteiger partial charge in [0, 0.05) is 5.41 Å². The highest BCUT2D eigenvalue weighted by molar-refractivity contribution is 5.98. The Morgan fingerprint density at radius 1 is 1.31 bits per heavy atom. The minimum absolute atomic E-state index is 0.129. The maximum absolute atomic E-state index is 10.8. The average Bonchev–Trinajstić information content (AvgIpc) is 2.62. The van der Waals surface area contributed by atoms with Crippen molar-refractivity contribution < 1.29 is 24.2 Å². The monoisotopic (exact) mass is 227 g/mol. The lowest BCUT2D eigenvalue weighted by atomic mass is 9.90. The van der Waals surface area contributed by atoms with Crippen LogP contribution < -0.4 is 0 Å². The van der Waals surface area contributed by atoms with Crippen LogP contribution in [0.5, 0.6) is 0 Å². The Bertz CT molecular complexity index is 401. The third kappa shape index (κ3) is 2.05. The fraction of sp³-hybridized carbons (Fsp3) is 0.500. The van der Waals surface area contributed by atoms with E-state index in [0.29, 0.717) is 6.42 Å². The lowest BCUT2D eigenvalue weighted by Crippen LogP contribution is -2.16. The molecule has 0 saturated heterocycles. The van der Waals surface area contributed by atoms with Gasteiger partial charge in [-0.15, -0.1) is 0 Å². The summed E-state index contributed by atoms with van der Waals surface area (Å²) in [5.74, 6) is -3.32. The fourth-order valence-electron chi connectivity index (χ4n) is 1.05. The average molecular weight is 227 g/mol. The predicted molar refractivity (Wildman–Crippen MR) is 53.7 cm³/mol. The molecule has 0 amide bonds. The van der Waals surface area contributed by atoms with Crippen LogP contribution in [0.15, 0.2) is 4.42 Å². The van der Waals surface area contributed by atoms with Crippen LogP contribution in [0.2, 0.25) is 0 Å². The third-order valence-electron chi connectivity index (χ3n) is 2.49. The molecule has 0 spiro atoms. The van der Waals surface area contributed by atoms with Crippen molar-refractivity contribution >= 4 is 11.9 Å². The quantitative estimate of drug-likeness (QED) is 0.812. The highest BCUT2D eigenvalue weighted by Gasteiger charge is 2.31. The molecule has 0 radical (unpaired) electrons. The summed E-state index contributed by atoms with van der Waals surface area (Å²) in [6.07, 6.45) is 0.658. The van der Waals surface area contributed by atoms with E-state index in [1.165, 1.54) is 0 Å². The first-order valence-corrected chi connectivity index (χ1v) is 4.77. The van der Waals surface area contributed by atoms with Crippen molar-refractivity contribution in [1.82, 2.24) is 4.98 Å². The van der Waals surface area contributed by atoms with Gasteiger partial charge in [-0.3, -0.25) is 0 Å². The van der Waals surface area contributed by atoms with Crippen molar-refractivity contribution in [3.8, 4) is 0 Å². The zero-order chi connectivity index (χ0) is 12.5. The maximum Gasteiger partial charge on any atom is 0.374 e. The highest BCUT2D eigenvalue weighted by Crippen LogP contribution is 2.27. The van der Waals surface area contributed by atoms with Crippen LogP contribution in [0.4, 0.5) is 0 Å². The van der Waals surface area contributed by atoms with Gasteiger partial charge >= 0.3 is 11.9 Å². The molecule has 0 atom stereocenters. The number of carboxylic acid groups (broad SMARTS) is 2. The van der Waals surface area contributed by atoms with E-state index in [4.69, 9.17) is 14.6 Å². The number of oxazole rings is 1. The lowest BCUT2D eigenvalue weighted by Gasteiger charge is -2.17. The number of hydrogen-bond acceptors (Lipinski definition) is 4. The van der Waals surface area contributed by atoms with Crippen molar-refractivity contribution in [2.24, 2.45) is 0 Å². The highest BCUT2D eigenvalue weighted by atomic mass is 16.4. The van der Waals surface area contributed by atoms with Crippen molar-refractivity contribution in [2.45, 2.75) is 32.6 Å². The molecule has 2 N–H and O–H groups in total. The molecule has 0 fully saturated rings. The van der Waals surface area contributed by atoms with Crippen LogP contribution in [0, 0.1) is 0 Å². The summed E-state index contributed by atoms with van der Waals surface area (Å²) >= 11 is 0. The van der Waals surface area contributed by atoms with Gasteiger partial charge < -0.3 is 14.6 Å². The minimum atomic E-state index is -1.43. The van der Waals surface area contributed by atoms with Crippen LogP contribution in [0.1, 0.15) is 54.1 Å². The summed E-state index contributed by atoms with van der Waals surface area (Å²) in [6, 6.07) is 0. The van der Waals surface area contributed by atoms with Gasteiger partial charge in [0.25, 0.3) is 0 Å². The molecule has 6 nitrogen and oxygen atoms in total. The van der Waals surface area contributed by atoms with Crippen molar-refractivity contribution in [2.75, 3.05) is 0 Å². The summed E-state index contributed by atoms with van der Waals surface area (Å²) in [4.78, 5) is 25.3. The molecule has 0 aliphatic rings. The number of hydrogen-bond donors (Lipinski definition) is 2. The summed E-state index contributed by atoms with van der Waals surface area (Å²) in [6.45, 7) is 5.48. The lowest BCUT2D eigenvalue weighted by molar-refractivity contribution is 0.0621. The molecule has 0 aliphatic heterocycles. The van der Waals surface area contributed by atoms with Gasteiger partial charge in [0.15, 0.2) is 0 Å². The molecule has 1 rings (SSSR count). The van der Waals surface area contributed by atoms with E-state index in [0.717, 1.165) is 0 Å².